The molecule has 1 atom stereocenters. The van der Waals surface area contributed by atoms with Crippen LogP contribution in [0.4, 0.5) is 5.69 Å². The third-order valence-corrected chi connectivity index (χ3v) is 5.57. The Morgan fingerprint density at radius 3 is 2.60 bits per heavy atom. The number of hydrogen-bond donors (Lipinski definition) is 1. The van der Waals surface area contributed by atoms with E-state index < -0.39 is 12.0 Å². The third kappa shape index (κ3) is 4.29. The zero-order valence-electron chi connectivity index (χ0n) is 17.2. The van der Waals surface area contributed by atoms with Crippen molar-refractivity contribution in [3.8, 4) is 11.5 Å². The van der Waals surface area contributed by atoms with Crippen molar-refractivity contribution in [2.75, 3.05) is 25.7 Å². The number of thiocarbonyl (C=S) groups is 1. The highest BCUT2D eigenvalue weighted by Gasteiger charge is 2.35. The molecule has 0 radical (unpaired) electrons. The molecule has 0 amide bonds. The second-order valence-electron chi connectivity index (χ2n) is 6.53. The van der Waals surface area contributed by atoms with Crippen LogP contribution in [0.3, 0.4) is 0 Å². The van der Waals surface area contributed by atoms with Crippen molar-refractivity contribution in [1.29, 1.82) is 0 Å². The summed E-state index contributed by atoms with van der Waals surface area (Å²) in [4.78, 5) is 14.6. The predicted molar refractivity (Wildman–Crippen MR) is 124 cm³/mol. The predicted octanol–water partition coefficient (Wildman–Crippen LogP) is 4.74. The van der Waals surface area contributed by atoms with Gasteiger partial charge in [-0.25, -0.2) is 4.79 Å². The van der Waals surface area contributed by atoms with Crippen LogP contribution in [-0.4, -0.2) is 31.9 Å². The van der Waals surface area contributed by atoms with Crippen LogP contribution in [0.25, 0.3) is 0 Å². The molecular formula is C22H23BrN2O4S. The fraction of sp³-hybridized carbons (Fsp3) is 0.273. The molecule has 0 saturated heterocycles. The number of nitrogens with zero attached hydrogens (tertiary/aromatic N) is 1. The summed E-state index contributed by atoms with van der Waals surface area (Å²) in [5.41, 5.74) is 2.82. The minimum absolute atomic E-state index is 0.429. The van der Waals surface area contributed by atoms with E-state index in [-0.39, 0.29) is 0 Å². The number of hydrogen-bond acceptors (Lipinski definition) is 5. The van der Waals surface area contributed by atoms with Crippen LogP contribution < -0.4 is 19.7 Å². The van der Waals surface area contributed by atoms with Gasteiger partial charge in [0.1, 0.15) is 0 Å². The largest absolute Gasteiger partial charge is 0.493 e. The van der Waals surface area contributed by atoms with Gasteiger partial charge in [0, 0.05) is 15.9 Å². The lowest BCUT2D eigenvalue weighted by Gasteiger charge is -2.37. The molecule has 1 heterocycles. The number of carbonyl (C=O) groups is 1. The molecule has 2 aromatic rings. The molecule has 3 rings (SSSR count). The van der Waals surface area contributed by atoms with Crippen molar-refractivity contribution in [3.05, 3.63) is 63.8 Å². The number of esters is 1. The van der Waals surface area contributed by atoms with E-state index in [1.165, 1.54) is 7.11 Å². The number of anilines is 1. The van der Waals surface area contributed by atoms with E-state index in [0.29, 0.717) is 34.5 Å². The van der Waals surface area contributed by atoms with Crippen LogP contribution in [0.2, 0.25) is 0 Å². The summed E-state index contributed by atoms with van der Waals surface area (Å²) in [5.74, 6) is 0.790. The summed E-state index contributed by atoms with van der Waals surface area (Å²) in [6, 6.07) is 12.8. The van der Waals surface area contributed by atoms with Gasteiger partial charge in [0.15, 0.2) is 16.6 Å². The third-order valence-electron chi connectivity index (χ3n) is 4.78. The van der Waals surface area contributed by atoms with Crippen LogP contribution in [0.15, 0.2) is 58.2 Å². The van der Waals surface area contributed by atoms with Crippen LogP contribution in [0, 0.1) is 0 Å². The summed E-state index contributed by atoms with van der Waals surface area (Å²) >= 11 is 9.16. The SMILES string of the molecule is CCOc1cc(C2NC(=S)N(c3cccc(Br)c3)C(C)=C2C(=O)OC)ccc1OC. The maximum absolute atomic E-state index is 12.8. The Kier molecular flexibility index (Phi) is 6.99. The standard InChI is InChI=1S/C22H23BrN2O4S/c1-5-29-18-11-14(9-10-17(18)27-3)20-19(21(26)28-4)13(2)25(22(30)24-20)16-8-6-7-15(23)12-16/h6-12,20H,5H2,1-4H3,(H,24,30). The van der Waals surface area contributed by atoms with Crippen LogP contribution >= 0.6 is 28.1 Å². The average Bonchev–Trinajstić information content (AvgIpc) is 2.73. The fourth-order valence-electron chi connectivity index (χ4n) is 3.43. The molecule has 1 N–H and O–H groups in total. The van der Waals surface area contributed by atoms with E-state index in [2.05, 4.69) is 21.2 Å². The Balaban J connectivity index is 2.13. The van der Waals surface area contributed by atoms with Gasteiger partial charge in [-0.1, -0.05) is 28.1 Å². The first-order chi connectivity index (χ1) is 14.4. The summed E-state index contributed by atoms with van der Waals surface area (Å²) < 4.78 is 17.1. The topological polar surface area (TPSA) is 60.0 Å². The van der Waals surface area contributed by atoms with Gasteiger partial charge < -0.3 is 19.5 Å². The summed E-state index contributed by atoms with van der Waals surface area (Å²) in [6.45, 7) is 4.26. The quantitative estimate of drug-likeness (QED) is 0.463. The lowest BCUT2D eigenvalue weighted by atomic mass is 9.94. The molecule has 2 aromatic carbocycles. The molecule has 0 spiro atoms. The van der Waals surface area contributed by atoms with Gasteiger partial charge in [0.2, 0.25) is 0 Å². The highest BCUT2D eigenvalue weighted by atomic mass is 79.9. The number of nitrogens with one attached hydrogen (secondary N) is 1. The highest BCUT2D eigenvalue weighted by Crippen LogP contribution is 2.38. The Morgan fingerprint density at radius 2 is 1.97 bits per heavy atom. The van der Waals surface area contributed by atoms with Gasteiger partial charge in [0.25, 0.3) is 0 Å². The second-order valence-corrected chi connectivity index (χ2v) is 7.83. The molecule has 0 saturated carbocycles. The van der Waals surface area contributed by atoms with Crippen molar-refractivity contribution >= 4 is 44.9 Å². The van der Waals surface area contributed by atoms with Crippen molar-refractivity contribution in [3.63, 3.8) is 0 Å². The molecule has 1 aliphatic rings. The molecule has 6 nitrogen and oxygen atoms in total. The minimum atomic E-state index is -0.488. The lowest BCUT2D eigenvalue weighted by Crippen LogP contribution is -2.48. The summed E-state index contributed by atoms with van der Waals surface area (Å²) in [6.07, 6.45) is 0. The van der Waals surface area contributed by atoms with Crippen molar-refractivity contribution < 1.29 is 19.0 Å². The zero-order chi connectivity index (χ0) is 21.8. The molecule has 8 heteroatoms. The zero-order valence-corrected chi connectivity index (χ0v) is 19.6. The molecule has 0 aliphatic carbocycles. The molecule has 0 fully saturated rings. The van der Waals surface area contributed by atoms with Crippen LogP contribution in [0.5, 0.6) is 11.5 Å². The number of rotatable bonds is 6. The van der Waals surface area contributed by atoms with Gasteiger partial charge in [-0.2, -0.15) is 0 Å². The monoisotopic (exact) mass is 490 g/mol. The van der Waals surface area contributed by atoms with Crippen LogP contribution in [0.1, 0.15) is 25.5 Å². The van der Waals surface area contributed by atoms with Gasteiger partial charge in [0.05, 0.1) is 32.4 Å². The number of ether oxygens (including phenoxy) is 3. The van der Waals surface area contributed by atoms with Gasteiger partial charge in [-0.3, -0.25) is 4.90 Å². The van der Waals surface area contributed by atoms with Gasteiger partial charge in [-0.05, 0) is 62.0 Å². The molecule has 0 aromatic heterocycles. The summed E-state index contributed by atoms with van der Waals surface area (Å²) in [7, 11) is 2.96. The molecule has 158 valence electrons. The first kappa shape index (κ1) is 22.1. The number of benzene rings is 2. The Hall–Kier alpha value is -2.58. The lowest BCUT2D eigenvalue weighted by molar-refractivity contribution is -0.136. The molecule has 1 aliphatic heterocycles. The van der Waals surface area contributed by atoms with Crippen molar-refractivity contribution in [2.45, 2.75) is 19.9 Å². The number of halogens is 1. The van der Waals surface area contributed by atoms with Crippen LogP contribution in [-0.2, 0) is 9.53 Å². The van der Waals surface area contributed by atoms with Crippen molar-refractivity contribution in [1.82, 2.24) is 5.32 Å². The molecule has 0 bridgehead atoms. The number of allylic oxidation sites excluding steroid dienone is 1. The second kappa shape index (κ2) is 9.49. The van der Waals surface area contributed by atoms with E-state index in [0.717, 1.165) is 15.7 Å². The van der Waals surface area contributed by atoms with Gasteiger partial charge in [-0.15, -0.1) is 0 Å². The Morgan fingerprint density at radius 1 is 1.20 bits per heavy atom. The summed E-state index contributed by atoms with van der Waals surface area (Å²) in [5, 5.41) is 3.77. The molecular weight excluding hydrogens is 468 g/mol. The first-order valence-electron chi connectivity index (χ1n) is 9.37. The normalized spacial score (nSPS) is 16.2. The molecule has 30 heavy (non-hydrogen) atoms. The smallest absolute Gasteiger partial charge is 0.337 e. The van der Waals surface area contributed by atoms with Crippen molar-refractivity contribution in [2.24, 2.45) is 0 Å². The Labute approximate surface area is 189 Å². The van der Waals surface area contributed by atoms with Gasteiger partial charge >= 0.3 is 5.97 Å². The maximum atomic E-state index is 12.8. The first-order valence-corrected chi connectivity index (χ1v) is 10.6. The fourth-order valence-corrected chi connectivity index (χ4v) is 4.18. The number of methoxy groups -OCH3 is 2. The van der Waals surface area contributed by atoms with E-state index in [4.69, 9.17) is 26.4 Å². The van der Waals surface area contributed by atoms with E-state index >= 15 is 0 Å². The average molecular weight is 491 g/mol. The number of carbonyl (C=O) groups excluding carboxylic acids is 1. The Bertz CT molecular complexity index is 1010. The maximum Gasteiger partial charge on any atom is 0.337 e. The van der Waals surface area contributed by atoms with E-state index in [1.807, 2.05) is 61.2 Å². The van der Waals surface area contributed by atoms with E-state index in [1.54, 1.807) is 7.11 Å². The molecule has 1 unspecified atom stereocenters. The van der Waals surface area contributed by atoms with E-state index in [9.17, 15) is 4.79 Å². The minimum Gasteiger partial charge on any atom is -0.493 e. The highest BCUT2D eigenvalue weighted by molar-refractivity contribution is 9.10.